The summed E-state index contributed by atoms with van der Waals surface area (Å²) in [5.74, 6) is 0.404. The number of aromatic nitrogens is 2. The first-order chi connectivity index (χ1) is 10.1. The zero-order chi connectivity index (χ0) is 14.8. The summed E-state index contributed by atoms with van der Waals surface area (Å²) in [5.41, 5.74) is 1.74. The van der Waals surface area contributed by atoms with E-state index in [1.165, 1.54) is 38.2 Å². The second-order valence-electron chi connectivity index (χ2n) is 5.65. The van der Waals surface area contributed by atoms with Crippen molar-refractivity contribution in [3.63, 3.8) is 0 Å². The van der Waals surface area contributed by atoms with E-state index in [-0.39, 0.29) is 5.02 Å². The number of imidazole rings is 1. The number of aryl methyl sites for hydroxylation is 1. The highest BCUT2D eigenvalue weighted by molar-refractivity contribution is 6.30. The molecule has 1 aliphatic carbocycles. The summed E-state index contributed by atoms with van der Waals surface area (Å²) in [6, 6.07) is 5.20. The fourth-order valence-corrected chi connectivity index (χ4v) is 3.04. The van der Waals surface area contributed by atoms with Gasteiger partial charge in [-0.15, -0.1) is 0 Å². The van der Waals surface area contributed by atoms with Crippen molar-refractivity contribution < 1.29 is 4.39 Å². The van der Waals surface area contributed by atoms with Gasteiger partial charge in [0.15, 0.2) is 0 Å². The van der Waals surface area contributed by atoms with Crippen LogP contribution in [-0.4, -0.2) is 15.6 Å². The van der Waals surface area contributed by atoms with Crippen molar-refractivity contribution in [2.45, 2.75) is 45.1 Å². The van der Waals surface area contributed by atoms with Crippen LogP contribution in [0.1, 0.15) is 37.8 Å². The van der Waals surface area contributed by atoms with Gasteiger partial charge in [-0.3, -0.25) is 4.57 Å². The van der Waals surface area contributed by atoms with Crippen molar-refractivity contribution in [1.82, 2.24) is 9.55 Å². The fourth-order valence-electron chi connectivity index (χ4n) is 2.86. The van der Waals surface area contributed by atoms with Gasteiger partial charge in [0.05, 0.1) is 16.4 Å². The third kappa shape index (κ3) is 3.21. The number of anilines is 1. The van der Waals surface area contributed by atoms with Crippen LogP contribution in [-0.2, 0) is 0 Å². The molecule has 1 aromatic carbocycles. The van der Waals surface area contributed by atoms with Crippen LogP contribution >= 0.6 is 11.6 Å². The lowest BCUT2D eigenvalue weighted by molar-refractivity contribution is 0.460. The molecule has 1 saturated carbocycles. The molecular weight excluding hydrogens is 289 g/mol. The second-order valence-corrected chi connectivity index (χ2v) is 6.06. The Morgan fingerprint density at radius 3 is 2.76 bits per heavy atom. The summed E-state index contributed by atoms with van der Waals surface area (Å²) in [6.07, 6.45) is 8.14. The lowest BCUT2D eigenvalue weighted by atomic mass is 9.96. The third-order valence-corrected chi connectivity index (χ3v) is 4.24. The van der Waals surface area contributed by atoms with E-state index in [1.54, 1.807) is 12.1 Å². The van der Waals surface area contributed by atoms with Crippen LogP contribution in [0.15, 0.2) is 24.4 Å². The summed E-state index contributed by atoms with van der Waals surface area (Å²) in [7, 11) is 0. The van der Waals surface area contributed by atoms with Crippen LogP contribution in [0.4, 0.5) is 10.3 Å². The number of hydrogen-bond acceptors (Lipinski definition) is 2. The van der Waals surface area contributed by atoms with E-state index in [0.29, 0.717) is 6.04 Å². The van der Waals surface area contributed by atoms with Gasteiger partial charge in [-0.25, -0.2) is 9.37 Å². The Morgan fingerprint density at radius 2 is 2.05 bits per heavy atom. The third-order valence-electron chi connectivity index (χ3n) is 3.95. The Balaban J connectivity index is 1.89. The minimum atomic E-state index is -0.404. The smallest absolute Gasteiger partial charge is 0.207 e. The first-order valence-corrected chi connectivity index (χ1v) is 7.79. The molecule has 0 amide bonds. The summed E-state index contributed by atoms with van der Waals surface area (Å²) < 4.78 is 15.3. The highest BCUT2D eigenvalue weighted by Crippen LogP contribution is 2.25. The molecule has 21 heavy (non-hydrogen) atoms. The zero-order valence-corrected chi connectivity index (χ0v) is 12.8. The normalized spacial score (nSPS) is 16.1. The molecule has 3 rings (SSSR count). The van der Waals surface area contributed by atoms with Gasteiger partial charge in [0, 0.05) is 12.2 Å². The fraction of sp³-hybridized carbons (Fsp3) is 0.438. The van der Waals surface area contributed by atoms with E-state index in [1.807, 2.05) is 17.7 Å². The maximum Gasteiger partial charge on any atom is 0.207 e. The Bertz CT molecular complexity index is 632. The molecule has 1 fully saturated rings. The Morgan fingerprint density at radius 1 is 1.29 bits per heavy atom. The largest absolute Gasteiger partial charge is 0.353 e. The molecule has 0 bridgehead atoms. The maximum atomic E-state index is 13.3. The van der Waals surface area contributed by atoms with Crippen molar-refractivity contribution in [2.75, 3.05) is 5.32 Å². The van der Waals surface area contributed by atoms with E-state index in [2.05, 4.69) is 10.3 Å². The standard InChI is InChI=1S/C16H19ClFN3/c1-11-10-21(13-7-8-15(18)14(17)9-13)16(19-11)20-12-5-3-2-4-6-12/h7-10,12H,2-6H2,1H3,(H,19,20). The molecule has 1 aliphatic rings. The predicted molar refractivity (Wildman–Crippen MR) is 83.8 cm³/mol. The van der Waals surface area contributed by atoms with Gasteiger partial charge in [-0.05, 0) is 38.0 Å². The van der Waals surface area contributed by atoms with Crippen LogP contribution < -0.4 is 5.32 Å². The van der Waals surface area contributed by atoms with Crippen molar-refractivity contribution in [2.24, 2.45) is 0 Å². The minimum absolute atomic E-state index is 0.127. The van der Waals surface area contributed by atoms with E-state index < -0.39 is 5.82 Å². The van der Waals surface area contributed by atoms with E-state index >= 15 is 0 Å². The molecule has 0 spiro atoms. The van der Waals surface area contributed by atoms with Crippen LogP contribution in [0.25, 0.3) is 5.69 Å². The van der Waals surface area contributed by atoms with E-state index in [4.69, 9.17) is 11.6 Å². The number of rotatable bonds is 3. The molecule has 5 heteroatoms. The first kappa shape index (κ1) is 14.4. The van der Waals surface area contributed by atoms with Gasteiger partial charge < -0.3 is 5.32 Å². The Hall–Kier alpha value is -1.55. The van der Waals surface area contributed by atoms with Crippen LogP contribution in [0.3, 0.4) is 0 Å². The lowest BCUT2D eigenvalue weighted by Gasteiger charge is -2.23. The average Bonchev–Trinajstić information content (AvgIpc) is 2.84. The van der Waals surface area contributed by atoms with E-state index in [0.717, 1.165) is 17.3 Å². The average molecular weight is 308 g/mol. The molecule has 1 aromatic heterocycles. The Labute approximate surface area is 129 Å². The number of benzene rings is 1. The summed E-state index contributed by atoms with van der Waals surface area (Å²) in [6.45, 7) is 1.95. The van der Waals surface area contributed by atoms with Crippen LogP contribution in [0, 0.1) is 12.7 Å². The van der Waals surface area contributed by atoms with Gasteiger partial charge >= 0.3 is 0 Å². The summed E-state index contributed by atoms with van der Waals surface area (Å²) in [5, 5.41) is 3.65. The maximum absolute atomic E-state index is 13.3. The second kappa shape index (κ2) is 6.06. The number of halogens is 2. The predicted octanol–water partition coefficient (Wildman–Crippen LogP) is 4.72. The molecule has 0 atom stereocenters. The molecular formula is C16H19ClFN3. The molecule has 112 valence electrons. The van der Waals surface area contributed by atoms with Crippen molar-refractivity contribution in [3.8, 4) is 5.69 Å². The highest BCUT2D eigenvalue weighted by atomic mass is 35.5. The monoisotopic (exact) mass is 307 g/mol. The number of nitrogens with one attached hydrogen (secondary N) is 1. The molecule has 0 saturated heterocycles. The van der Waals surface area contributed by atoms with Crippen molar-refractivity contribution in [3.05, 3.63) is 40.9 Å². The van der Waals surface area contributed by atoms with Gasteiger partial charge in [0.1, 0.15) is 5.82 Å². The Kier molecular flexibility index (Phi) is 4.15. The van der Waals surface area contributed by atoms with Crippen molar-refractivity contribution >= 4 is 17.5 Å². The topological polar surface area (TPSA) is 29.9 Å². The molecule has 0 aliphatic heterocycles. The summed E-state index contributed by atoms with van der Waals surface area (Å²) >= 11 is 5.89. The van der Waals surface area contributed by atoms with Crippen LogP contribution in [0.5, 0.6) is 0 Å². The van der Waals surface area contributed by atoms with Gasteiger partial charge in [0.25, 0.3) is 0 Å². The zero-order valence-electron chi connectivity index (χ0n) is 12.1. The minimum Gasteiger partial charge on any atom is -0.353 e. The van der Waals surface area contributed by atoms with Crippen molar-refractivity contribution in [1.29, 1.82) is 0 Å². The molecule has 0 unspecified atom stereocenters. The molecule has 2 aromatic rings. The quantitative estimate of drug-likeness (QED) is 0.889. The molecule has 1 N–H and O–H groups in total. The lowest BCUT2D eigenvalue weighted by Crippen LogP contribution is -2.24. The first-order valence-electron chi connectivity index (χ1n) is 7.41. The highest BCUT2D eigenvalue weighted by Gasteiger charge is 2.17. The van der Waals surface area contributed by atoms with Crippen LogP contribution in [0.2, 0.25) is 5.02 Å². The molecule has 1 heterocycles. The molecule has 3 nitrogen and oxygen atoms in total. The van der Waals surface area contributed by atoms with E-state index in [9.17, 15) is 4.39 Å². The van der Waals surface area contributed by atoms with Gasteiger partial charge in [0.2, 0.25) is 5.95 Å². The van der Waals surface area contributed by atoms with Gasteiger partial charge in [-0.1, -0.05) is 30.9 Å². The number of hydrogen-bond donors (Lipinski definition) is 1. The number of nitrogens with zero attached hydrogens (tertiary/aromatic N) is 2. The summed E-state index contributed by atoms with van der Waals surface area (Å²) in [4.78, 5) is 4.55. The SMILES string of the molecule is Cc1cn(-c2ccc(F)c(Cl)c2)c(NC2CCCCC2)n1. The molecule has 0 radical (unpaired) electrons. The van der Waals surface area contributed by atoms with Gasteiger partial charge in [-0.2, -0.15) is 0 Å².